The van der Waals surface area contributed by atoms with E-state index in [1.807, 2.05) is 6.92 Å². The van der Waals surface area contributed by atoms with E-state index < -0.39 is 0 Å². The highest BCUT2D eigenvalue weighted by molar-refractivity contribution is 5.99. The largest absolute Gasteiger partial charge is 0.294 e. The minimum atomic E-state index is -0.278. The number of hydrogen-bond acceptors (Lipinski definition) is 3. The van der Waals surface area contributed by atoms with Gasteiger partial charge in [-0.25, -0.2) is 13.9 Å². The molecule has 1 atom stereocenters. The van der Waals surface area contributed by atoms with E-state index in [-0.39, 0.29) is 17.5 Å². The highest BCUT2D eigenvalue weighted by atomic mass is 19.1. The first-order chi connectivity index (χ1) is 14.9. The van der Waals surface area contributed by atoms with Gasteiger partial charge in [0.2, 0.25) is 0 Å². The molecular weight excluding hydrogens is 389 g/mol. The fourth-order valence-electron chi connectivity index (χ4n) is 4.49. The molecule has 4 aromatic rings. The number of Topliss-reactive ketones (excluding diaryl/α,β-unsaturated/α-hetero) is 1. The van der Waals surface area contributed by atoms with Crippen LogP contribution >= 0.6 is 0 Å². The van der Waals surface area contributed by atoms with Gasteiger partial charge in [0.25, 0.3) is 0 Å². The maximum Gasteiger partial charge on any atom is 0.166 e. The molecule has 2 heterocycles. The van der Waals surface area contributed by atoms with Gasteiger partial charge in [-0.15, -0.1) is 0 Å². The van der Waals surface area contributed by atoms with Crippen LogP contribution in [0.4, 0.5) is 4.39 Å². The van der Waals surface area contributed by atoms with E-state index in [0.29, 0.717) is 30.0 Å². The number of carbonyl (C=O) groups is 1. The minimum absolute atomic E-state index is 0.102. The second-order valence-electron chi connectivity index (χ2n) is 8.69. The van der Waals surface area contributed by atoms with E-state index in [9.17, 15) is 9.18 Å². The van der Waals surface area contributed by atoms with Gasteiger partial charge >= 0.3 is 0 Å². The maximum absolute atomic E-state index is 13.4. The Labute approximate surface area is 180 Å². The van der Waals surface area contributed by atoms with Crippen molar-refractivity contribution in [1.29, 1.82) is 0 Å². The van der Waals surface area contributed by atoms with Crippen LogP contribution in [-0.4, -0.2) is 20.4 Å². The molecular formula is C26H24FN3O. The number of hydrogen-bond donors (Lipinski definition) is 0. The summed E-state index contributed by atoms with van der Waals surface area (Å²) in [5, 5.41) is 4.57. The summed E-state index contributed by atoms with van der Waals surface area (Å²) in [6.07, 6.45) is 3.00. The van der Waals surface area contributed by atoms with Crippen molar-refractivity contribution in [3.8, 4) is 11.1 Å². The Morgan fingerprint density at radius 2 is 1.74 bits per heavy atom. The zero-order valence-electron chi connectivity index (χ0n) is 17.9. The molecule has 4 nitrogen and oxygen atoms in total. The highest BCUT2D eigenvalue weighted by Gasteiger charge is 2.29. The van der Waals surface area contributed by atoms with Gasteiger partial charge in [0, 0.05) is 18.2 Å². The maximum atomic E-state index is 13.4. The lowest BCUT2D eigenvalue weighted by Gasteiger charge is -2.23. The van der Waals surface area contributed by atoms with Crippen molar-refractivity contribution in [1.82, 2.24) is 14.6 Å². The van der Waals surface area contributed by atoms with Crippen molar-refractivity contribution in [2.24, 2.45) is 0 Å². The summed E-state index contributed by atoms with van der Waals surface area (Å²) in [6.45, 7) is 6.26. The Kier molecular flexibility index (Phi) is 4.69. The summed E-state index contributed by atoms with van der Waals surface area (Å²) in [5.74, 6) is 0.423. The third-order valence-corrected chi connectivity index (χ3v) is 6.24. The fraction of sp³-hybridized carbons (Fsp3) is 0.269. The second kappa shape index (κ2) is 7.41. The standard InChI is InChI=1S/C26H24FN3O/c1-15(2)17-4-6-18(7-5-17)20-12-23-22(24(31)13-20)14-30-26(28-23)25(16(3)29-30)19-8-10-21(27)11-9-19/h4-11,14-15,20H,12-13H2,1-3H3. The lowest BCUT2D eigenvalue weighted by Crippen LogP contribution is -2.21. The average molecular weight is 413 g/mol. The first kappa shape index (κ1) is 19.6. The van der Waals surface area contributed by atoms with Gasteiger partial charge in [-0.2, -0.15) is 5.10 Å². The number of aryl methyl sites for hydroxylation is 1. The quantitative estimate of drug-likeness (QED) is 0.421. The van der Waals surface area contributed by atoms with Crippen LogP contribution < -0.4 is 0 Å². The minimum Gasteiger partial charge on any atom is -0.294 e. The second-order valence-corrected chi connectivity index (χ2v) is 8.69. The Bertz CT molecular complexity index is 1290. The molecule has 0 amide bonds. The number of nitrogens with zero attached hydrogens (tertiary/aromatic N) is 3. The van der Waals surface area contributed by atoms with Crippen LogP contribution in [0.1, 0.15) is 65.0 Å². The van der Waals surface area contributed by atoms with E-state index in [1.54, 1.807) is 22.8 Å². The van der Waals surface area contributed by atoms with Crippen molar-refractivity contribution >= 4 is 11.4 Å². The monoisotopic (exact) mass is 413 g/mol. The van der Waals surface area contributed by atoms with Crippen LogP contribution in [0.15, 0.2) is 54.7 Å². The summed E-state index contributed by atoms with van der Waals surface area (Å²) >= 11 is 0. The Morgan fingerprint density at radius 3 is 2.42 bits per heavy atom. The molecule has 5 rings (SSSR count). The van der Waals surface area contributed by atoms with Crippen LogP contribution in [0.2, 0.25) is 0 Å². The summed E-state index contributed by atoms with van der Waals surface area (Å²) in [5.41, 5.74) is 7.17. The SMILES string of the molecule is Cc1nn2cc3c(nc2c1-c1ccc(F)cc1)CC(c1ccc(C(C)C)cc1)CC3=O. The Balaban J connectivity index is 1.56. The molecule has 0 saturated heterocycles. The fourth-order valence-corrected chi connectivity index (χ4v) is 4.49. The van der Waals surface area contributed by atoms with E-state index in [4.69, 9.17) is 4.98 Å². The molecule has 0 bridgehead atoms. The Hall–Kier alpha value is -3.34. The molecule has 1 unspecified atom stereocenters. The van der Waals surface area contributed by atoms with Gasteiger partial charge in [-0.05, 0) is 54.0 Å². The normalized spacial score (nSPS) is 16.2. The smallest absolute Gasteiger partial charge is 0.166 e. The van der Waals surface area contributed by atoms with Crippen LogP contribution in [0, 0.1) is 12.7 Å². The summed E-state index contributed by atoms with van der Waals surface area (Å²) in [6, 6.07) is 15.0. The molecule has 156 valence electrons. The van der Waals surface area contributed by atoms with E-state index in [0.717, 1.165) is 22.5 Å². The van der Waals surface area contributed by atoms with Crippen LogP contribution in [0.25, 0.3) is 16.8 Å². The molecule has 1 aliphatic rings. The first-order valence-electron chi connectivity index (χ1n) is 10.7. The van der Waals surface area contributed by atoms with Gasteiger partial charge in [0.05, 0.1) is 17.0 Å². The van der Waals surface area contributed by atoms with Crippen molar-refractivity contribution in [3.05, 3.63) is 88.6 Å². The number of carbonyl (C=O) groups excluding carboxylic acids is 1. The predicted octanol–water partition coefficient (Wildman–Crippen LogP) is 5.88. The molecule has 0 fully saturated rings. The van der Waals surface area contributed by atoms with E-state index >= 15 is 0 Å². The molecule has 0 N–H and O–H groups in total. The van der Waals surface area contributed by atoms with Crippen LogP contribution in [0.5, 0.6) is 0 Å². The number of aromatic nitrogens is 3. The Morgan fingerprint density at radius 1 is 1.03 bits per heavy atom. The summed E-state index contributed by atoms with van der Waals surface area (Å²) in [7, 11) is 0. The van der Waals surface area contributed by atoms with Crippen molar-refractivity contribution in [3.63, 3.8) is 0 Å². The zero-order valence-corrected chi connectivity index (χ0v) is 17.9. The van der Waals surface area contributed by atoms with Crippen molar-refractivity contribution < 1.29 is 9.18 Å². The molecule has 0 saturated carbocycles. The highest BCUT2D eigenvalue weighted by Crippen LogP contribution is 2.35. The number of rotatable bonds is 3. The molecule has 0 aliphatic heterocycles. The third-order valence-electron chi connectivity index (χ3n) is 6.24. The number of fused-ring (bicyclic) bond motifs is 2. The summed E-state index contributed by atoms with van der Waals surface area (Å²) < 4.78 is 15.1. The van der Waals surface area contributed by atoms with Gasteiger partial charge < -0.3 is 0 Å². The molecule has 1 aliphatic carbocycles. The topological polar surface area (TPSA) is 47.3 Å². The average Bonchev–Trinajstić information content (AvgIpc) is 3.08. The first-order valence-corrected chi connectivity index (χ1v) is 10.7. The van der Waals surface area contributed by atoms with Gasteiger partial charge in [-0.3, -0.25) is 4.79 Å². The van der Waals surface area contributed by atoms with E-state index in [2.05, 4.69) is 43.2 Å². The summed E-state index contributed by atoms with van der Waals surface area (Å²) in [4.78, 5) is 17.9. The number of halogens is 1. The van der Waals surface area contributed by atoms with Gasteiger partial charge in [0.1, 0.15) is 5.82 Å². The van der Waals surface area contributed by atoms with Gasteiger partial charge in [0.15, 0.2) is 11.4 Å². The number of benzene rings is 2. The lowest BCUT2D eigenvalue weighted by molar-refractivity contribution is 0.0962. The molecule has 0 radical (unpaired) electrons. The molecule has 5 heteroatoms. The zero-order chi connectivity index (χ0) is 21.7. The lowest BCUT2D eigenvalue weighted by atomic mass is 9.81. The van der Waals surface area contributed by atoms with Gasteiger partial charge in [-0.1, -0.05) is 50.2 Å². The molecule has 31 heavy (non-hydrogen) atoms. The number of ketones is 1. The predicted molar refractivity (Wildman–Crippen MR) is 119 cm³/mol. The van der Waals surface area contributed by atoms with Crippen molar-refractivity contribution in [2.75, 3.05) is 0 Å². The molecule has 0 spiro atoms. The van der Waals surface area contributed by atoms with Crippen LogP contribution in [-0.2, 0) is 6.42 Å². The third kappa shape index (κ3) is 3.44. The van der Waals surface area contributed by atoms with Crippen LogP contribution in [0.3, 0.4) is 0 Å². The van der Waals surface area contributed by atoms with E-state index in [1.165, 1.54) is 23.3 Å². The molecule has 2 aromatic heterocycles. The van der Waals surface area contributed by atoms with Crippen molar-refractivity contribution in [2.45, 2.75) is 45.4 Å². The molecule has 2 aromatic carbocycles.